The summed E-state index contributed by atoms with van der Waals surface area (Å²) < 4.78 is 30.6. The molecule has 0 spiro atoms. The van der Waals surface area contributed by atoms with Crippen molar-refractivity contribution in [2.24, 2.45) is 11.8 Å². The van der Waals surface area contributed by atoms with Crippen LogP contribution in [0.4, 0.5) is 0 Å². The Kier molecular flexibility index (Phi) is 9.67. The smallest absolute Gasteiger partial charge is 0.344 e. The van der Waals surface area contributed by atoms with Gasteiger partial charge in [-0.05, 0) is 24.3 Å². The monoisotopic (exact) mass is 422 g/mol. The van der Waals surface area contributed by atoms with Gasteiger partial charge < -0.3 is 19.4 Å². The van der Waals surface area contributed by atoms with Crippen molar-refractivity contribution >= 4 is 15.0 Å². The van der Waals surface area contributed by atoms with Gasteiger partial charge in [-0.15, -0.1) is 0 Å². The first-order valence-electron chi connectivity index (χ1n) is 9.36. The van der Waals surface area contributed by atoms with Gasteiger partial charge >= 0.3 is 7.60 Å². The summed E-state index contributed by atoms with van der Waals surface area (Å²) in [6, 6.07) is 3.45. The summed E-state index contributed by atoms with van der Waals surface area (Å²) in [5, 5.41) is -1.63. The summed E-state index contributed by atoms with van der Waals surface area (Å²) in [5.41, 5.74) is 0. The highest BCUT2D eigenvalue weighted by Gasteiger charge is 2.44. The molecule has 27 heavy (non-hydrogen) atoms. The Bertz CT molecular complexity index is 648. The van der Waals surface area contributed by atoms with Crippen molar-refractivity contribution in [1.82, 2.24) is 0 Å². The van der Waals surface area contributed by atoms with Gasteiger partial charge in [0.25, 0.3) is 0 Å². The topological polar surface area (TPSA) is 108 Å². The lowest BCUT2D eigenvalue weighted by atomic mass is 9.98. The molecule has 0 aliphatic carbocycles. The standard InChI is InChI=1S/C18H33NO6P2/c1-15(2)7-5-8-16(3)10-12-25-17-9-6-11-19(13-17)14-18(26(4,20)21)27(22,23)24/h6,9,11,13,15-16,18H,5,7-8,10,12,14H2,1-4H3,(H2-,20,21,22,23,24)/p+1. The molecule has 156 valence electrons. The van der Waals surface area contributed by atoms with Crippen molar-refractivity contribution in [3.8, 4) is 5.75 Å². The average molecular weight is 422 g/mol. The maximum Gasteiger partial charge on any atom is 0.344 e. The van der Waals surface area contributed by atoms with Crippen LogP contribution in [-0.4, -0.2) is 33.4 Å². The van der Waals surface area contributed by atoms with Crippen molar-refractivity contribution in [2.45, 2.75) is 58.4 Å². The predicted octanol–water partition coefficient (Wildman–Crippen LogP) is 3.61. The molecule has 7 nitrogen and oxygen atoms in total. The number of nitrogens with zero attached hydrogens (tertiary/aromatic N) is 1. The first kappa shape index (κ1) is 24.3. The second-order valence-electron chi connectivity index (χ2n) is 7.82. The lowest BCUT2D eigenvalue weighted by Gasteiger charge is -2.18. The minimum Gasteiger partial charge on any atom is -0.487 e. The molecule has 1 rings (SSSR count). The van der Waals surface area contributed by atoms with E-state index in [0.717, 1.165) is 19.0 Å². The van der Waals surface area contributed by atoms with Crippen molar-refractivity contribution in [3.05, 3.63) is 24.5 Å². The van der Waals surface area contributed by atoms with Crippen LogP contribution in [-0.2, 0) is 15.7 Å². The Morgan fingerprint density at radius 2 is 1.78 bits per heavy atom. The van der Waals surface area contributed by atoms with E-state index in [1.54, 1.807) is 24.5 Å². The molecule has 1 heterocycles. The van der Waals surface area contributed by atoms with E-state index >= 15 is 0 Å². The number of pyridine rings is 1. The van der Waals surface area contributed by atoms with Crippen molar-refractivity contribution in [1.29, 1.82) is 0 Å². The van der Waals surface area contributed by atoms with Crippen molar-refractivity contribution in [2.75, 3.05) is 13.3 Å². The Morgan fingerprint density at radius 1 is 1.11 bits per heavy atom. The summed E-state index contributed by atoms with van der Waals surface area (Å²) in [6.45, 7) is 7.93. The van der Waals surface area contributed by atoms with Crippen LogP contribution in [0.1, 0.15) is 46.5 Å². The summed E-state index contributed by atoms with van der Waals surface area (Å²) in [4.78, 5) is 28.4. The number of ether oxygens (including phenoxy) is 1. The normalized spacial score (nSPS) is 16.7. The Balaban J connectivity index is 2.59. The first-order valence-corrected chi connectivity index (χ1v) is 13.2. The van der Waals surface area contributed by atoms with Gasteiger partial charge in [-0.1, -0.05) is 40.0 Å². The van der Waals surface area contributed by atoms with Gasteiger partial charge in [0.05, 0.1) is 6.61 Å². The summed E-state index contributed by atoms with van der Waals surface area (Å²) in [7, 11) is -8.66. The number of rotatable bonds is 12. The molecule has 0 aliphatic heterocycles. The third kappa shape index (κ3) is 9.87. The van der Waals surface area contributed by atoms with Crippen LogP contribution in [0, 0.1) is 11.8 Å². The van der Waals surface area contributed by atoms with Crippen LogP contribution in [0.2, 0.25) is 0 Å². The molecule has 1 aromatic heterocycles. The van der Waals surface area contributed by atoms with Crippen molar-refractivity contribution in [3.63, 3.8) is 0 Å². The largest absolute Gasteiger partial charge is 0.487 e. The fraction of sp³-hybridized carbons (Fsp3) is 0.722. The molecule has 0 amide bonds. The molecule has 0 saturated heterocycles. The van der Waals surface area contributed by atoms with Gasteiger partial charge in [0.1, 0.15) is 0 Å². The van der Waals surface area contributed by atoms with Crippen LogP contribution in [0.25, 0.3) is 0 Å². The second kappa shape index (κ2) is 10.7. The van der Waals surface area contributed by atoms with Gasteiger partial charge in [-0.25, -0.2) is 4.57 Å². The van der Waals surface area contributed by atoms with Gasteiger partial charge in [-0.2, -0.15) is 0 Å². The number of hydrogen-bond acceptors (Lipinski definition) is 3. The molecule has 0 saturated carbocycles. The summed E-state index contributed by atoms with van der Waals surface area (Å²) in [6.07, 6.45) is 7.74. The molecule has 0 bridgehead atoms. The first-order chi connectivity index (χ1) is 12.4. The van der Waals surface area contributed by atoms with Crippen molar-refractivity contribution < 1.29 is 33.1 Å². The van der Waals surface area contributed by atoms with Crippen LogP contribution in [0.3, 0.4) is 0 Å². The summed E-state index contributed by atoms with van der Waals surface area (Å²) >= 11 is 0. The summed E-state index contributed by atoms with van der Waals surface area (Å²) in [5.74, 6) is 1.86. The van der Waals surface area contributed by atoms with E-state index in [4.69, 9.17) is 4.74 Å². The fourth-order valence-corrected chi connectivity index (χ4v) is 5.94. The van der Waals surface area contributed by atoms with E-state index < -0.39 is 20.4 Å². The second-order valence-corrected chi connectivity index (χ2v) is 12.5. The molecular weight excluding hydrogens is 388 g/mol. The highest BCUT2D eigenvalue weighted by molar-refractivity contribution is 7.73. The van der Waals surface area contributed by atoms with Gasteiger partial charge in [0.2, 0.25) is 13.6 Å². The highest BCUT2D eigenvalue weighted by atomic mass is 31.2. The van der Waals surface area contributed by atoms with Crippen LogP contribution in [0.15, 0.2) is 24.5 Å². The highest BCUT2D eigenvalue weighted by Crippen LogP contribution is 2.60. The minimum absolute atomic E-state index is 0.253. The molecule has 1 aromatic rings. The molecule has 0 aromatic carbocycles. The number of hydrogen-bond donors (Lipinski definition) is 3. The molecule has 3 atom stereocenters. The quantitative estimate of drug-likeness (QED) is 0.351. The zero-order valence-electron chi connectivity index (χ0n) is 16.7. The Labute approximate surface area is 162 Å². The van der Waals surface area contributed by atoms with E-state index in [1.807, 2.05) is 0 Å². The molecule has 9 heteroatoms. The van der Waals surface area contributed by atoms with E-state index in [0.29, 0.717) is 18.3 Å². The zero-order valence-corrected chi connectivity index (χ0v) is 18.5. The lowest BCUT2D eigenvalue weighted by molar-refractivity contribution is -0.694. The van der Waals surface area contributed by atoms with Crippen LogP contribution >= 0.6 is 15.0 Å². The third-order valence-corrected chi connectivity index (χ3v) is 8.90. The van der Waals surface area contributed by atoms with Gasteiger partial charge in [-0.3, -0.25) is 9.13 Å². The molecular formula is C18H34NO6P2+. The molecule has 0 radical (unpaired) electrons. The minimum atomic E-state index is -4.71. The maximum absolute atomic E-state index is 11.8. The van der Waals surface area contributed by atoms with Gasteiger partial charge in [0, 0.05) is 12.7 Å². The Hall–Kier alpha value is -0.710. The van der Waals surface area contributed by atoms with E-state index in [2.05, 4.69) is 20.8 Å². The molecule has 0 fully saturated rings. The SMILES string of the molecule is CC(C)CCCC(C)CCOc1ccc[n+](CC(P(C)(=O)O)P(=O)(O)O)c1. The fourth-order valence-electron chi connectivity index (χ4n) is 2.82. The van der Waals surface area contributed by atoms with E-state index in [-0.39, 0.29) is 6.54 Å². The molecule has 3 N–H and O–H groups in total. The molecule has 0 aliphatic rings. The van der Waals surface area contributed by atoms with Crippen LogP contribution < -0.4 is 9.30 Å². The zero-order chi connectivity index (χ0) is 20.7. The van der Waals surface area contributed by atoms with E-state index in [1.165, 1.54) is 23.8 Å². The average Bonchev–Trinajstić information content (AvgIpc) is 2.50. The Morgan fingerprint density at radius 3 is 2.33 bits per heavy atom. The third-order valence-electron chi connectivity index (χ3n) is 4.50. The van der Waals surface area contributed by atoms with E-state index in [9.17, 15) is 23.8 Å². The van der Waals surface area contributed by atoms with Gasteiger partial charge in [0.15, 0.2) is 23.9 Å². The molecule has 3 unspecified atom stereocenters. The van der Waals surface area contributed by atoms with Crippen LogP contribution in [0.5, 0.6) is 5.75 Å². The lowest BCUT2D eigenvalue weighted by Crippen LogP contribution is -2.39. The number of aromatic nitrogens is 1. The maximum atomic E-state index is 11.8. The predicted molar refractivity (Wildman–Crippen MR) is 106 cm³/mol.